The molecule has 1 saturated carbocycles. The molecule has 5 nitrogen and oxygen atoms in total. The summed E-state index contributed by atoms with van der Waals surface area (Å²) in [5.74, 6) is 0.807. The number of hydrogen-bond donors (Lipinski definition) is 1. The van der Waals surface area contributed by atoms with Gasteiger partial charge in [0.15, 0.2) is 5.96 Å². The predicted octanol–water partition coefficient (Wildman–Crippen LogP) is 4.20. The van der Waals surface area contributed by atoms with Crippen molar-refractivity contribution in [3.63, 3.8) is 0 Å². The topological polar surface area (TPSA) is 46.1 Å². The third-order valence-corrected chi connectivity index (χ3v) is 6.29. The van der Waals surface area contributed by atoms with Crippen LogP contribution in [0.25, 0.3) is 0 Å². The minimum atomic E-state index is -4.32. The molecule has 3 aliphatic rings. The van der Waals surface area contributed by atoms with Crippen LogP contribution in [0, 0.1) is 0 Å². The SMILES string of the molecule is CCNC(=NCC1(c2cccc(C(F)(F)F)c2)CC1)N1CCOC(C2CCCO2)C1.I. The van der Waals surface area contributed by atoms with Crippen LogP contribution in [0.4, 0.5) is 13.2 Å². The van der Waals surface area contributed by atoms with Crippen molar-refractivity contribution in [2.45, 2.75) is 56.4 Å². The minimum Gasteiger partial charge on any atom is -0.375 e. The van der Waals surface area contributed by atoms with E-state index in [1.54, 1.807) is 6.07 Å². The third-order valence-electron chi connectivity index (χ3n) is 6.29. The van der Waals surface area contributed by atoms with Crippen molar-refractivity contribution in [3.05, 3.63) is 35.4 Å². The summed E-state index contributed by atoms with van der Waals surface area (Å²) in [6.07, 6.45) is -0.352. The molecule has 0 bridgehead atoms. The van der Waals surface area contributed by atoms with Gasteiger partial charge in [-0.1, -0.05) is 18.2 Å². The van der Waals surface area contributed by atoms with Gasteiger partial charge >= 0.3 is 6.18 Å². The summed E-state index contributed by atoms with van der Waals surface area (Å²) >= 11 is 0. The molecule has 0 amide bonds. The summed E-state index contributed by atoms with van der Waals surface area (Å²) in [6, 6.07) is 5.72. The molecule has 2 aliphatic heterocycles. The van der Waals surface area contributed by atoms with Crippen LogP contribution in [0.3, 0.4) is 0 Å². The zero-order valence-electron chi connectivity index (χ0n) is 17.8. The highest BCUT2D eigenvalue weighted by Crippen LogP contribution is 2.49. The zero-order valence-corrected chi connectivity index (χ0v) is 20.1. The van der Waals surface area contributed by atoms with Gasteiger partial charge in [-0.05, 0) is 44.2 Å². The first-order chi connectivity index (χ1) is 14.4. The molecule has 31 heavy (non-hydrogen) atoms. The maximum absolute atomic E-state index is 13.1. The lowest BCUT2D eigenvalue weighted by Crippen LogP contribution is -2.53. The number of nitrogens with zero attached hydrogens (tertiary/aromatic N) is 2. The van der Waals surface area contributed by atoms with Crippen molar-refractivity contribution in [1.29, 1.82) is 0 Å². The molecule has 2 saturated heterocycles. The summed E-state index contributed by atoms with van der Waals surface area (Å²) < 4.78 is 51.1. The fourth-order valence-electron chi connectivity index (χ4n) is 4.35. The van der Waals surface area contributed by atoms with E-state index in [0.29, 0.717) is 19.7 Å². The Balaban J connectivity index is 0.00000272. The second-order valence-corrected chi connectivity index (χ2v) is 8.44. The van der Waals surface area contributed by atoms with Crippen LogP contribution < -0.4 is 5.32 Å². The molecule has 2 atom stereocenters. The molecule has 0 radical (unpaired) electrons. The van der Waals surface area contributed by atoms with Gasteiger partial charge in [0.2, 0.25) is 0 Å². The monoisotopic (exact) mass is 553 g/mol. The number of halogens is 4. The van der Waals surface area contributed by atoms with Gasteiger partial charge in [-0.25, -0.2) is 0 Å². The van der Waals surface area contributed by atoms with E-state index in [2.05, 4.69) is 10.2 Å². The van der Waals surface area contributed by atoms with E-state index in [0.717, 1.165) is 63.0 Å². The largest absolute Gasteiger partial charge is 0.416 e. The number of rotatable bonds is 5. The zero-order chi connectivity index (χ0) is 21.2. The average molecular weight is 553 g/mol. The van der Waals surface area contributed by atoms with Crippen molar-refractivity contribution < 1.29 is 22.6 Å². The number of morpholine rings is 1. The molecule has 0 spiro atoms. The molecule has 4 rings (SSSR count). The molecule has 2 unspecified atom stereocenters. The minimum absolute atomic E-state index is 0. The molecule has 1 N–H and O–H groups in total. The number of alkyl halides is 3. The van der Waals surface area contributed by atoms with Gasteiger partial charge in [-0.3, -0.25) is 4.99 Å². The molecule has 1 aromatic carbocycles. The summed E-state index contributed by atoms with van der Waals surface area (Å²) in [5, 5.41) is 3.35. The number of ether oxygens (including phenoxy) is 2. The van der Waals surface area contributed by atoms with Crippen LogP contribution in [-0.2, 0) is 21.1 Å². The Hall–Kier alpha value is -1.07. The standard InChI is InChI=1S/C22H30F3N3O2.HI/c1-2-26-20(28-10-12-30-19(14-28)18-7-4-11-29-18)27-15-21(8-9-21)16-5-3-6-17(13-16)22(23,24)25;/h3,5-6,13,18-19H,2,4,7-12,14-15H2,1H3,(H,26,27);1H. The lowest BCUT2D eigenvalue weighted by molar-refractivity contribution is -0.137. The Morgan fingerprint density at radius 1 is 1.23 bits per heavy atom. The Labute approximate surface area is 198 Å². The van der Waals surface area contributed by atoms with Crippen LogP contribution in [0.2, 0.25) is 0 Å². The molecular formula is C22H31F3IN3O2. The third kappa shape index (κ3) is 5.84. The van der Waals surface area contributed by atoms with Crippen LogP contribution >= 0.6 is 24.0 Å². The van der Waals surface area contributed by atoms with Crippen molar-refractivity contribution in [3.8, 4) is 0 Å². The lowest BCUT2D eigenvalue weighted by atomic mass is 9.94. The predicted molar refractivity (Wildman–Crippen MR) is 124 cm³/mol. The lowest BCUT2D eigenvalue weighted by Gasteiger charge is -2.37. The summed E-state index contributed by atoms with van der Waals surface area (Å²) in [6.45, 7) is 6.10. The normalized spacial score (nSPS) is 25.8. The highest BCUT2D eigenvalue weighted by atomic mass is 127. The molecule has 0 aromatic heterocycles. The fraction of sp³-hybridized carbons (Fsp3) is 0.682. The second-order valence-electron chi connectivity index (χ2n) is 8.44. The number of hydrogen-bond acceptors (Lipinski definition) is 3. The maximum atomic E-state index is 13.1. The first kappa shape index (κ1) is 24.6. The summed E-state index contributed by atoms with van der Waals surface area (Å²) in [5.41, 5.74) is -0.145. The van der Waals surface area contributed by atoms with Crippen LogP contribution in [0.5, 0.6) is 0 Å². The van der Waals surface area contributed by atoms with E-state index in [1.807, 2.05) is 6.92 Å². The van der Waals surface area contributed by atoms with E-state index in [9.17, 15) is 13.2 Å². The molecule has 3 fully saturated rings. The Kier molecular flexibility index (Phi) is 8.12. The smallest absolute Gasteiger partial charge is 0.375 e. The maximum Gasteiger partial charge on any atom is 0.416 e. The van der Waals surface area contributed by atoms with Crippen LogP contribution in [-0.4, -0.2) is 62.5 Å². The van der Waals surface area contributed by atoms with Gasteiger partial charge in [0.1, 0.15) is 6.10 Å². The average Bonchev–Trinajstić information content (AvgIpc) is 3.33. The first-order valence-electron chi connectivity index (χ1n) is 10.9. The van der Waals surface area contributed by atoms with Crippen molar-refractivity contribution >= 4 is 29.9 Å². The Bertz CT molecular complexity index is 765. The quantitative estimate of drug-likeness (QED) is 0.338. The fourth-order valence-corrected chi connectivity index (χ4v) is 4.35. The van der Waals surface area contributed by atoms with Gasteiger partial charge < -0.3 is 19.7 Å². The molecule has 1 aliphatic carbocycles. The van der Waals surface area contributed by atoms with Gasteiger partial charge in [0.25, 0.3) is 0 Å². The van der Waals surface area contributed by atoms with Gasteiger partial charge in [-0.2, -0.15) is 13.2 Å². The summed E-state index contributed by atoms with van der Waals surface area (Å²) in [4.78, 5) is 7.05. The van der Waals surface area contributed by atoms with E-state index in [-0.39, 0.29) is 41.6 Å². The van der Waals surface area contributed by atoms with Crippen molar-refractivity contribution in [1.82, 2.24) is 10.2 Å². The Morgan fingerprint density at radius 3 is 2.65 bits per heavy atom. The molecule has 1 aromatic rings. The molecule has 9 heteroatoms. The van der Waals surface area contributed by atoms with E-state index in [4.69, 9.17) is 14.5 Å². The molecule has 174 valence electrons. The van der Waals surface area contributed by atoms with Gasteiger partial charge in [0.05, 0.1) is 24.8 Å². The number of benzene rings is 1. The van der Waals surface area contributed by atoms with Crippen molar-refractivity contribution in [2.24, 2.45) is 4.99 Å². The highest BCUT2D eigenvalue weighted by molar-refractivity contribution is 14.0. The van der Waals surface area contributed by atoms with Crippen molar-refractivity contribution in [2.75, 3.05) is 39.4 Å². The van der Waals surface area contributed by atoms with Crippen LogP contribution in [0.15, 0.2) is 29.3 Å². The summed E-state index contributed by atoms with van der Waals surface area (Å²) in [7, 11) is 0. The van der Waals surface area contributed by atoms with E-state index in [1.165, 1.54) is 12.1 Å². The second kappa shape index (κ2) is 10.2. The first-order valence-corrected chi connectivity index (χ1v) is 10.9. The highest BCUT2D eigenvalue weighted by Gasteiger charge is 2.45. The molecule has 2 heterocycles. The number of nitrogens with one attached hydrogen (secondary N) is 1. The number of guanidine groups is 1. The Morgan fingerprint density at radius 2 is 2.00 bits per heavy atom. The van der Waals surface area contributed by atoms with Crippen LogP contribution in [0.1, 0.15) is 43.7 Å². The molecular weight excluding hydrogens is 522 g/mol. The van der Waals surface area contributed by atoms with Gasteiger partial charge in [-0.15, -0.1) is 24.0 Å². The number of aliphatic imine (C=N–C) groups is 1. The van der Waals surface area contributed by atoms with Gasteiger partial charge in [0, 0.05) is 31.7 Å². The van der Waals surface area contributed by atoms with E-state index >= 15 is 0 Å². The van der Waals surface area contributed by atoms with E-state index < -0.39 is 11.7 Å².